The van der Waals surface area contributed by atoms with Crippen LogP contribution in [0.5, 0.6) is 5.75 Å². The van der Waals surface area contributed by atoms with Crippen molar-refractivity contribution in [3.63, 3.8) is 0 Å². The van der Waals surface area contributed by atoms with E-state index in [0.29, 0.717) is 12.4 Å². The molecule has 1 aromatic heterocycles. The van der Waals surface area contributed by atoms with Crippen molar-refractivity contribution in [2.45, 2.75) is 12.8 Å². The lowest BCUT2D eigenvalue weighted by atomic mass is 10.2. The van der Waals surface area contributed by atoms with E-state index in [2.05, 4.69) is 4.98 Å². The van der Waals surface area contributed by atoms with Crippen molar-refractivity contribution in [2.24, 2.45) is 5.73 Å². The second-order valence-electron chi connectivity index (χ2n) is 3.59. The Morgan fingerprint density at radius 1 is 1.38 bits per heavy atom. The van der Waals surface area contributed by atoms with Gasteiger partial charge in [-0.15, -0.1) is 0 Å². The number of aromatic hydroxyl groups is 1. The van der Waals surface area contributed by atoms with Crippen LogP contribution in [0.4, 0.5) is 0 Å². The average Bonchev–Trinajstić information content (AvgIpc) is 2.75. The van der Waals surface area contributed by atoms with Crippen LogP contribution < -0.4 is 5.73 Å². The molecule has 2 rings (SSSR count). The maximum Gasteiger partial charge on any atom is 0.226 e. The van der Waals surface area contributed by atoms with Crippen molar-refractivity contribution in [3.05, 3.63) is 36.2 Å². The van der Waals surface area contributed by atoms with Crippen LogP contribution in [0.25, 0.3) is 11.5 Å². The number of nitrogens with zero attached hydrogens (tertiary/aromatic N) is 1. The van der Waals surface area contributed by atoms with Crippen LogP contribution in [0.1, 0.15) is 12.1 Å². The molecule has 16 heavy (non-hydrogen) atoms. The number of aromatic nitrogens is 1. The summed E-state index contributed by atoms with van der Waals surface area (Å²) in [6.07, 6.45) is 3.35. The highest BCUT2D eigenvalue weighted by molar-refractivity contribution is 5.55. The lowest BCUT2D eigenvalue weighted by Gasteiger charge is -1.95. The molecular weight excluding hydrogens is 204 g/mol. The molecule has 1 aromatic carbocycles. The Kier molecular flexibility index (Phi) is 3.22. The minimum Gasteiger partial charge on any atom is -0.508 e. The highest BCUT2D eigenvalue weighted by atomic mass is 16.3. The maximum absolute atomic E-state index is 9.34. The summed E-state index contributed by atoms with van der Waals surface area (Å²) >= 11 is 0. The third-order valence-corrected chi connectivity index (χ3v) is 2.28. The Hall–Kier alpha value is -1.81. The van der Waals surface area contributed by atoms with Gasteiger partial charge in [0.15, 0.2) is 0 Å². The van der Waals surface area contributed by atoms with Crippen molar-refractivity contribution in [1.82, 2.24) is 4.98 Å². The van der Waals surface area contributed by atoms with Crippen molar-refractivity contribution in [2.75, 3.05) is 6.54 Å². The zero-order valence-electron chi connectivity index (χ0n) is 8.89. The number of hydrogen-bond acceptors (Lipinski definition) is 4. The molecule has 2 aromatic rings. The first-order valence-electron chi connectivity index (χ1n) is 5.23. The minimum absolute atomic E-state index is 0.208. The molecule has 1 heterocycles. The summed E-state index contributed by atoms with van der Waals surface area (Å²) in [6, 6.07) is 6.84. The van der Waals surface area contributed by atoms with Gasteiger partial charge >= 0.3 is 0 Å². The lowest BCUT2D eigenvalue weighted by Crippen LogP contribution is -2.00. The number of nitrogens with two attached hydrogens (primary N) is 1. The number of oxazole rings is 1. The Bertz CT molecular complexity index is 466. The molecule has 3 N–H and O–H groups in total. The minimum atomic E-state index is 0.208. The van der Waals surface area contributed by atoms with Gasteiger partial charge in [0, 0.05) is 5.56 Å². The summed E-state index contributed by atoms with van der Waals surface area (Å²) in [5, 5.41) is 9.34. The van der Waals surface area contributed by atoms with Gasteiger partial charge in [0.2, 0.25) is 5.89 Å². The molecule has 0 saturated heterocycles. The lowest BCUT2D eigenvalue weighted by molar-refractivity contribution is 0.475. The van der Waals surface area contributed by atoms with Crippen LogP contribution in [0.2, 0.25) is 0 Å². The average molecular weight is 218 g/mol. The van der Waals surface area contributed by atoms with Crippen LogP contribution in [-0.2, 0) is 6.42 Å². The van der Waals surface area contributed by atoms with Gasteiger partial charge in [-0.25, -0.2) is 4.98 Å². The topological polar surface area (TPSA) is 72.3 Å². The number of hydrogen-bond donors (Lipinski definition) is 2. The molecule has 0 amide bonds. The van der Waals surface area contributed by atoms with E-state index in [1.54, 1.807) is 24.5 Å². The highest BCUT2D eigenvalue weighted by Gasteiger charge is 2.06. The SMILES string of the molecule is NCCCc1coc(-c2cccc(O)c2)n1. The monoisotopic (exact) mass is 218 g/mol. The van der Waals surface area contributed by atoms with Crippen LogP contribution in [0.3, 0.4) is 0 Å². The Morgan fingerprint density at radius 3 is 3.00 bits per heavy atom. The molecule has 0 aliphatic rings. The normalized spacial score (nSPS) is 10.6. The number of rotatable bonds is 4. The van der Waals surface area contributed by atoms with Gasteiger partial charge in [-0.1, -0.05) is 6.07 Å². The summed E-state index contributed by atoms with van der Waals surface area (Å²) in [4.78, 5) is 4.33. The predicted molar refractivity (Wildman–Crippen MR) is 61.0 cm³/mol. The summed E-state index contributed by atoms with van der Waals surface area (Å²) in [6.45, 7) is 0.647. The van der Waals surface area contributed by atoms with Crippen LogP contribution in [0, 0.1) is 0 Å². The zero-order chi connectivity index (χ0) is 11.4. The third kappa shape index (κ3) is 2.41. The molecule has 0 aliphatic carbocycles. The van der Waals surface area contributed by atoms with Crippen molar-refractivity contribution in [3.8, 4) is 17.2 Å². The first kappa shape index (κ1) is 10.7. The van der Waals surface area contributed by atoms with E-state index in [0.717, 1.165) is 24.1 Å². The zero-order valence-corrected chi connectivity index (χ0v) is 8.89. The fourth-order valence-corrected chi connectivity index (χ4v) is 1.48. The maximum atomic E-state index is 9.34. The van der Waals surface area contributed by atoms with E-state index in [4.69, 9.17) is 10.2 Å². The molecule has 0 bridgehead atoms. The van der Waals surface area contributed by atoms with Crippen molar-refractivity contribution < 1.29 is 9.52 Å². The fraction of sp³-hybridized carbons (Fsp3) is 0.250. The third-order valence-electron chi connectivity index (χ3n) is 2.28. The van der Waals surface area contributed by atoms with E-state index in [1.807, 2.05) is 6.07 Å². The fourth-order valence-electron chi connectivity index (χ4n) is 1.48. The first-order chi connectivity index (χ1) is 7.79. The molecule has 0 atom stereocenters. The first-order valence-corrected chi connectivity index (χ1v) is 5.23. The van der Waals surface area contributed by atoms with E-state index < -0.39 is 0 Å². The predicted octanol–water partition coefficient (Wildman–Crippen LogP) is 1.94. The molecule has 0 unspecified atom stereocenters. The van der Waals surface area contributed by atoms with Crippen molar-refractivity contribution >= 4 is 0 Å². The van der Waals surface area contributed by atoms with Gasteiger partial charge in [0.05, 0.1) is 5.69 Å². The van der Waals surface area contributed by atoms with Crippen LogP contribution in [-0.4, -0.2) is 16.6 Å². The van der Waals surface area contributed by atoms with Gasteiger partial charge in [0.1, 0.15) is 12.0 Å². The Labute approximate surface area is 93.7 Å². The highest BCUT2D eigenvalue weighted by Crippen LogP contribution is 2.22. The summed E-state index contributed by atoms with van der Waals surface area (Å²) < 4.78 is 5.34. The van der Waals surface area contributed by atoms with E-state index in [1.165, 1.54) is 0 Å². The quantitative estimate of drug-likeness (QED) is 0.822. The standard InChI is InChI=1S/C12H14N2O2/c13-6-2-4-10-8-16-12(14-10)9-3-1-5-11(15)7-9/h1,3,5,7-8,15H,2,4,6,13H2. The second-order valence-corrected chi connectivity index (χ2v) is 3.59. The number of benzene rings is 1. The van der Waals surface area contributed by atoms with E-state index >= 15 is 0 Å². The van der Waals surface area contributed by atoms with Crippen molar-refractivity contribution in [1.29, 1.82) is 0 Å². The molecule has 0 fully saturated rings. The smallest absolute Gasteiger partial charge is 0.226 e. The van der Waals surface area contributed by atoms with Gasteiger partial charge in [-0.2, -0.15) is 0 Å². The van der Waals surface area contributed by atoms with Crippen LogP contribution in [0.15, 0.2) is 34.9 Å². The molecule has 0 radical (unpaired) electrons. The number of phenolic OH excluding ortho intramolecular Hbond substituents is 1. The summed E-state index contributed by atoms with van der Waals surface area (Å²) in [5.74, 6) is 0.738. The summed E-state index contributed by atoms with van der Waals surface area (Å²) in [7, 11) is 0. The second kappa shape index (κ2) is 4.81. The largest absolute Gasteiger partial charge is 0.508 e. The molecule has 0 spiro atoms. The molecular formula is C12H14N2O2. The van der Waals surface area contributed by atoms with E-state index in [-0.39, 0.29) is 5.75 Å². The molecule has 0 saturated carbocycles. The molecule has 0 aliphatic heterocycles. The summed E-state index contributed by atoms with van der Waals surface area (Å²) in [5.41, 5.74) is 7.09. The van der Waals surface area contributed by atoms with Crippen LogP contribution >= 0.6 is 0 Å². The van der Waals surface area contributed by atoms with Gasteiger partial charge in [-0.3, -0.25) is 0 Å². The van der Waals surface area contributed by atoms with Gasteiger partial charge in [0.25, 0.3) is 0 Å². The Balaban J connectivity index is 2.18. The molecule has 4 nitrogen and oxygen atoms in total. The number of aryl methyl sites for hydroxylation is 1. The van der Waals surface area contributed by atoms with E-state index in [9.17, 15) is 5.11 Å². The number of phenols is 1. The molecule has 84 valence electrons. The Morgan fingerprint density at radius 2 is 2.25 bits per heavy atom. The molecule has 4 heteroatoms. The van der Waals surface area contributed by atoms with Gasteiger partial charge < -0.3 is 15.3 Å². The van der Waals surface area contributed by atoms with Gasteiger partial charge in [-0.05, 0) is 37.6 Å².